The molecule has 2 aliphatic heterocycles. The van der Waals surface area contributed by atoms with Crippen LogP contribution in [0.2, 0.25) is 0 Å². The number of piperazine rings is 1. The summed E-state index contributed by atoms with van der Waals surface area (Å²) in [6, 6.07) is 11.0. The topological polar surface area (TPSA) is 184 Å². The lowest BCUT2D eigenvalue weighted by molar-refractivity contribution is -0.156. The first-order valence-corrected chi connectivity index (χ1v) is 11.2. The van der Waals surface area contributed by atoms with Crippen LogP contribution in [0, 0.1) is 5.41 Å². The number of carboxylic acid groups (broad SMARTS) is 1. The number of carbonyl (C=O) groups is 4. The lowest BCUT2D eigenvalue weighted by Gasteiger charge is -2.45. The number of amides is 3. The van der Waals surface area contributed by atoms with E-state index < -0.39 is 35.7 Å². The van der Waals surface area contributed by atoms with Crippen molar-refractivity contribution in [2.24, 2.45) is 5.73 Å². The Morgan fingerprint density at radius 3 is 2.50 bits per heavy atom. The van der Waals surface area contributed by atoms with E-state index in [1.165, 1.54) is 17.0 Å². The third-order valence-electron chi connectivity index (χ3n) is 6.21. The third-order valence-corrected chi connectivity index (χ3v) is 6.21. The van der Waals surface area contributed by atoms with Crippen LogP contribution in [0.1, 0.15) is 34.3 Å². The molecule has 4 rings (SSSR count). The van der Waals surface area contributed by atoms with Gasteiger partial charge in [-0.1, -0.05) is 18.2 Å². The Morgan fingerprint density at radius 1 is 1.11 bits per heavy atom. The van der Waals surface area contributed by atoms with Crippen molar-refractivity contribution < 1.29 is 33.8 Å². The molecule has 36 heavy (non-hydrogen) atoms. The van der Waals surface area contributed by atoms with E-state index in [0.29, 0.717) is 28.2 Å². The van der Waals surface area contributed by atoms with Crippen molar-refractivity contribution in [1.82, 2.24) is 15.5 Å². The van der Waals surface area contributed by atoms with E-state index in [0.717, 1.165) is 0 Å². The number of nitrogens with one attached hydrogen (secondary N) is 3. The summed E-state index contributed by atoms with van der Waals surface area (Å²) in [7, 11) is 0. The predicted octanol–water partition coefficient (Wildman–Crippen LogP) is 0.148. The molecule has 1 saturated heterocycles. The highest BCUT2D eigenvalue weighted by molar-refractivity contribution is 6.35. The summed E-state index contributed by atoms with van der Waals surface area (Å²) in [5, 5.41) is 22.5. The Labute approximate surface area is 205 Å². The van der Waals surface area contributed by atoms with Gasteiger partial charge in [-0.15, -0.1) is 0 Å². The van der Waals surface area contributed by atoms with Crippen molar-refractivity contribution in [2.75, 3.05) is 26.4 Å². The van der Waals surface area contributed by atoms with E-state index in [1.54, 1.807) is 30.3 Å². The molecule has 12 heteroatoms. The molecule has 2 heterocycles. The molecule has 1 atom stereocenters. The normalized spacial score (nSPS) is 16.2. The summed E-state index contributed by atoms with van der Waals surface area (Å²) < 4.78 is 10.8. The molecule has 12 nitrogen and oxygen atoms in total. The zero-order valence-corrected chi connectivity index (χ0v) is 19.2. The number of fused-ring (bicyclic) bond motifs is 1. The van der Waals surface area contributed by atoms with Gasteiger partial charge in [-0.2, -0.15) is 0 Å². The number of nitrogen functional groups attached to an aromatic ring is 1. The lowest BCUT2D eigenvalue weighted by Crippen LogP contribution is -2.61. The van der Waals surface area contributed by atoms with Gasteiger partial charge in [0.25, 0.3) is 5.91 Å². The summed E-state index contributed by atoms with van der Waals surface area (Å²) >= 11 is 0. The van der Waals surface area contributed by atoms with Crippen molar-refractivity contribution in [3.63, 3.8) is 0 Å². The van der Waals surface area contributed by atoms with Gasteiger partial charge in [-0.05, 0) is 36.2 Å². The predicted molar refractivity (Wildman–Crippen MR) is 126 cm³/mol. The fourth-order valence-corrected chi connectivity index (χ4v) is 4.43. The van der Waals surface area contributed by atoms with Crippen molar-refractivity contribution >= 4 is 29.5 Å². The Kier molecular flexibility index (Phi) is 6.77. The summed E-state index contributed by atoms with van der Waals surface area (Å²) in [6.07, 6.45) is -0.496. The van der Waals surface area contributed by atoms with Gasteiger partial charge in [0.15, 0.2) is 11.5 Å². The van der Waals surface area contributed by atoms with E-state index in [-0.39, 0.29) is 38.7 Å². The van der Waals surface area contributed by atoms with Gasteiger partial charge in [-0.3, -0.25) is 24.6 Å². The highest BCUT2D eigenvalue weighted by Gasteiger charge is 2.46. The minimum absolute atomic E-state index is 0.000411. The first-order chi connectivity index (χ1) is 17.2. The fourth-order valence-electron chi connectivity index (χ4n) is 4.43. The average Bonchev–Trinajstić information content (AvgIpc) is 3.33. The maximum Gasteiger partial charge on any atom is 0.312 e. The van der Waals surface area contributed by atoms with E-state index in [1.807, 2.05) is 0 Å². The Hall–Kier alpha value is -4.61. The molecule has 1 fully saturated rings. The highest BCUT2D eigenvalue weighted by Crippen LogP contribution is 2.42. The molecule has 188 valence electrons. The van der Waals surface area contributed by atoms with E-state index >= 15 is 0 Å². The maximum atomic E-state index is 12.9. The monoisotopic (exact) mass is 495 g/mol. The zero-order chi connectivity index (χ0) is 25.9. The SMILES string of the molecule is N=C(N)c1ccc(C(=O)NCCC(CC(=O)O)(c2ccc3c(c2)OCO3)N2CCNC(=O)C2=O)cc1. The van der Waals surface area contributed by atoms with Crippen molar-refractivity contribution in [3.8, 4) is 11.5 Å². The van der Waals surface area contributed by atoms with E-state index in [2.05, 4.69) is 10.6 Å². The molecule has 0 spiro atoms. The largest absolute Gasteiger partial charge is 0.481 e. The number of nitrogens with zero attached hydrogens (tertiary/aromatic N) is 1. The van der Waals surface area contributed by atoms with Crippen LogP contribution < -0.4 is 25.8 Å². The molecular formula is C24H25N5O7. The molecule has 6 N–H and O–H groups in total. The van der Waals surface area contributed by atoms with Crippen LogP contribution in [-0.2, 0) is 19.9 Å². The molecule has 2 aliphatic rings. The van der Waals surface area contributed by atoms with E-state index in [9.17, 15) is 24.3 Å². The number of nitrogens with two attached hydrogens (primary N) is 1. The molecular weight excluding hydrogens is 470 g/mol. The second kappa shape index (κ2) is 9.94. The number of ether oxygens (including phenoxy) is 2. The average molecular weight is 495 g/mol. The summed E-state index contributed by atoms with van der Waals surface area (Å²) in [4.78, 5) is 51.2. The Bertz CT molecular complexity index is 1230. The number of amidine groups is 1. The number of carbonyl (C=O) groups excluding carboxylic acids is 3. The van der Waals surface area contributed by atoms with Crippen molar-refractivity contribution in [3.05, 3.63) is 59.2 Å². The fraction of sp³-hybridized carbons (Fsp3) is 0.292. The van der Waals surface area contributed by atoms with Gasteiger partial charge in [0.05, 0.1) is 12.0 Å². The summed E-state index contributed by atoms with van der Waals surface area (Å²) in [6.45, 7) is 0.257. The third kappa shape index (κ3) is 4.78. The van der Waals surface area contributed by atoms with Crippen LogP contribution in [-0.4, -0.2) is 66.0 Å². The molecule has 0 bridgehead atoms. The number of rotatable bonds is 9. The molecule has 2 aromatic rings. The van der Waals surface area contributed by atoms with Crippen LogP contribution in [0.4, 0.5) is 0 Å². The molecule has 1 unspecified atom stereocenters. The number of aliphatic carboxylic acids is 1. The zero-order valence-electron chi connectivity index (χ0n) is 19.2. The van der Waals surface area contributed by atoms with Crippen LogP contribution >= 0.6 is 0 Å². The first-order valence-electron chi connectivity index (χ1n) is 11.2. The second-order valence-electron chi connectivity index (χ2n) is 8.38. The first kappa shape index (κ1) is 24.5. The number of benzene rings is 2. The maximum absolute atomic E-state index is 12.9. The Balaban J connectivity index is 1.64. The highest BCUT2D eigenvalue weighted by atomic mass is 16.7. The van der Waals surface area contributed by atoms with Gasteiger partial charge >= 0.3 is 17.8 Å². The second-order valence-corrected chi connectivity index (χ2v) is 8.38. The molecule has 3 amide bonds. The number of hydrogen-bond donors (Lipinski definition) is 5. The standard InChI is InChI=1S/C24H25N5O7/c25-20(26)14-1-3-15(4-2-14)21(32)27-8-7-24(12-19(30)31,29-10-9-28-22(33)23(29)34)16-5-6-17-18(11-16)36-13-35-17/h1-6,11H,7-10,12-13H2,(H3,25,26)(H,27,32)(H,28,33)(H,30,31). The molecule has 0 aromatic heterocycles. The van der Waals surface area contributed by atoms with Gasteiger partial charge in [0, 0.05) is 30.8 Å². The van der Waals surface area contributed by atoms with Gasteiger partial charge in [0.2, 0.25) is 6.79 Å². The van der Waals surface area contributed by atoms with Crippen LogP contribution in [0.25, 0.3) is 0 Å². The molecule has 0 aliphatic carbocycles. The summed E-state index contributed by atoms with van der Waals surface area (Å²) in [5.41, 5.74) is 5.23. The quantitative estimate of drug-likeness (QED) is 0.185. The summed E-state index contributed by atoms with van der Waals surface area (Å²) in [5.74, 6) is -2.55. The van der Waals surface area contributed by atoms with Crippen LogP contribution in [0.5, 0.6) is 11.5 Å². The van der Waals surface area contributed by atoms with Crippen LogP contribution in [0.3, 0.4) is 0 Å². The Morgan fingerprint density at radius 2 is 1.81 bits per heavy atom. The number of hydrogen-bond acceptors (Lipinski definition) is 7. The van der Waals surface area contributed by atoms with Gasteiger partial charge < -0.3 is 35.8 Å². The smallest absolute Gasteiger partial charge is 0.312 e. The van der Waals surface area contributed by atoms with E-state index in [4.69, 9.17) is 20.6 Å². The number of carboxylic acids is 1. The molecule has 0 radical (unpaired) electrons. The minimum atomic E-state index is -1.45. The minimum Gasteiger partial charge on any atom is -0.481 e. The molecule has 2 aromatic carbocycles. The van der Waals surface area contributed by atoms with Gasteiger partial charge in [0.1, 0.15) is 5.84 Å². The molecule has 0 saturated carbocycles. The van der Waals surface area contributed by atoms with Crippen molar-refractivity contribution in [2.45, 2.75) is 18.4 Å². The van der Waals surface area contributed by atoms with Crippen LogP contribution in [0.15, 0.2) is 42.5 Å². The lowest BCUT2D eigenvalue weighted by atomic mass is 9.80. The van der Waals surface area contributed by atoms with Gasteiger partial charge in [-0.25, -0.2) is 0 Å². The van der Waals surface area contributed by atoms with Crippen molar-refractivity contribution in [1.29, 1.82) is 5.41 Å².